The summed E-state index contributed by atoms with van der Waals surface area (Å²) < 4.78 is 49.3. The molecule has 9 atom stereocenters. The molecule has 1 aliphatic rings. The van der Waals surface area contributed by atoms with E-state index in [1.807, 2.05) is 36.5 Å². The third-order valence-corrected chi connectivity index (χ3v) is 12.3. The fourth-order valence-corrected chi connectivity index (χ4v) is 8.49. The first kappa shape index (κ1) is 63.4. The Kier molecular flexibility index (Phi) is 36.4. The molecule has 1 rings (SSSR count). The zero-order chi connectivity index (χ0) is 50.5. The average Bonchev–Trinajstić information content (AvgIpc) is 3.29. The lowest BCUT2D eigenvalue weighted by atomic mass is 9.85. The van der Waals surface area contributed by atoms with E-state index in [0.717, 1.165) is 70.6 Å². The lowest BCUT2D eigenvalue weighted by molar-refractivity contribution is -0.216. The number of rotatable bonds is 40. The van der Waals surface area contributed by atoms with Crippen LogP contribution in [0.3, 0.4) is 0 Å². The Morgan fingerprint density at radius 1 is 0.544 bits per heavy atom. The number of carbonyl (C=O) groups excluding carboxylic acids is 2. The van der Waals surface area contributed by atoms with Crippen molar-refractivity contribution in [3.63, 3.8) is 0 Å². The van der Waals surface area contributed by atoms with E-state index in [1.54, 1.807) is 6.08 Å². The summed E-state index contributed by atoms with van der Waals surface area (Å²) in [6.45, 7) is 2.93. The van der Waals surface area contributed by atoms with Crippen LogP contribution in [-0.4, -0.2) is 114 Å². The van der Waals surface area contributed by atoms with Crippen LogP contribution in [0, 0.1) is 0 Å². The summed E-state index contributed by atoms with van der Waals surface area (Å²) in [7, 11) is -10.7. The van der Waals surface area contributed by atoms with Crippen LogP contribution in [0.25, 0.3) is 0 Å². The third kappa shape index (κ3) is 33.1. The number of aliphatic hydroxyl groups is 5. The van der Waals surface area contributed by atoms with Gasteiger partial charge in [-0.05, 0) is 77.0 Å². The van der Waals surface area contributed by atoms with Gasteiger partial charge in [0.05, 0.1) is 12.7 Å². The highest BCUT2D eigenvalue weighted by Gasteiger charge is 2.54. The molecule has 0 aromatic heterocycles. The molecule has 0 radical (unpaired) electrons. The predicted octanol–water partition coefficient (Wildman–Crippen LogP) is 8.59. The topological polar surface area (TPSA) is 276 Å². The molecule has 68 heavy (non-hydrogen) atoms. The summed E-state index contributed by atoms with van der Waals surface area (Å²) in [6.07, 6.45) is 28.7. The van der Waals surface area contributed by atoms with Gasteiger partial charge in [0.1, 0.15) is 43.2 Å². The van der Waals surface area contributed by atoms with Gasteiger partial charge in [0.25, 0.3) is 0 Å². The molecule has 5 unspecified atom stereocenters. The normalized spacial score (nSPS) is 22.3. The molecule has 0 amide bonds. The second-order valence-electron chi connectivity index (χ2n) is 17.0. The van der Waals surface area contributed by atoms with Crippen molar-refractivity contribution in [3.8, 4) is 0 Å². The van der Waals surface area contributed by atoms with Crippen molar-refractivity contribution < 1.29 is 82.0 Å². The number of aliphatic hydroxyl groups excluding tert-OH is 5. The molecule has 0 spiro atoms. The minimum absolute atomic E-state index is 0.00587. The van der Waals surface area contributed by atoms with Gasteiger partial charge in [-0.25, -0.2) is 9.13 Å². The van der Waals surface area contributed by atoms with Gasteiger partial charge >= 0.3 is 27.6 Å². The molecule has 0 bridgehead atoms. The summed E-state index contributed by atoms with van der Waals surface area (Å²) in [6, 6.07) is 0. The third-order valence-electron chi connectivity index (χ3n) is 10.8. The highest BCUT2D eigenvalue weighted by Crippen LogP contribution is 2.49. The van der Waals surface area contributed by atoms with Crippen molar-refractivity contribution >= 4 is 27.6 Å². The van der Waals surface area contributed by atoms with Crippen LogP contribution in [0.5, 0.6) is 0 Å². The number of unbranched alkanes of at least 4 members (excludes halogenated alkanes) is 14. The van der Waals surface area contributed by atoms with Crippen molar-refractivity contribution in [2.45, 2.75) is 210 Å². The van der Waals surface area contributed by atoms with Crippen LogP contribution in [0.4, 0.5) is 0 Å². The van der Waals surface area contributed by atoms with Crippen molar-refractivity contribution in [1.82, 2.24) is 0 Å². The Hall–Kier alpha value is -2.60. The molecule has 17 nitrogen and oxygen atoms in total. The number of esters is 2. The van der Waals surface area contributed by atoms with Gasteiger partial charge in [0, 0.05) is 12.8 Å². The monoisotopic (exact) mass is 1010 g/mol. The van der Waals surface area contributed by atoms with Crippen LogP contribution in [0.15, 0.2) is 72.9 Å². The summed E-state index contributed by atoms with van der Waals surface area (Å²) >= 11 is 0. The molecule has 19 heteroatoms. The maximum Gasteiger partial charge on any atom is 0.472 e. The number of hydrogen-bond acceptors (Lipinski definition) is 14. The zero-order valence-corrected chi connectivity index (χ0v) is 42.2. The summed E-state index contributed by atoms with van der Waals surface area (Å²) in [5, 5.41) is 51.4. The van der Waals surface area contributed by atoms with Gasteiger partial charge in [-0.1, -0.05) is 145 Å². The largest absolute Gasteiger partial charge is 0.472 e. The first-order valence-corrected chi connectivity index (χ1v) is 27.6. The lowest BCUT2D eigenvalue weighted by Crippen LogP contribution is -2.64. The van der Waals surface area contributed by atoms with E-state index in [9.17, 15) is 58.9 Å². The Morgan fingerprint density at radius 2 is 1.04 bits per heavy atom. The average molecular weight is 1010 g/mol. The van der Waals surface area contributed by atoms with Crippen molar-refractivity contribution in [3.05, 3.63) is 72.9 Å². The van der Waals surface area contributed by atoms with Gasteiger partial charge in [-0.2, -0.15) is 0 Å². The van der Waals surface area contributed by atoms with Crippen molar-refractivity contribution in [1.29, 1.82) is 0 Å². The first-order chi connectivity index (χ1) is 32.5. The molecular weight excluding hydrogens is 922 g/mol. The van der Waals surface area contributed by atoms with Crippen LogP contribution in [0.2, 0.25) is 0 Å². The Bertz CT molecular complexity index is 1610. The summed E-state index contributed by atoms with van der Waals surface area (Å²) in [5.41, 5.74) is 0. The number of phosphoric ester groups is 2. The summed E-state index contributed by atoms with van der Waals surface area (Å²) in [5.74, 6) is -1.33. The van der Waals surface area contributed by atoms with Gasteiger partial charge < -0.3 is 49.7 Å². The van der Waals surface area contributed by atoms with Crippen molar-refractivity contribution in [2.24, 2.45) is 0 Å². The molecule has 1 aliphatic carbocycles. The molecule has 0 saturated heterocycles. The molecule has 392 valence electrons. The van der Waals surface area contributed by atoms with E-state index in [2.05, 4.69) is 48.8 Å². The van der Waals surface area contributed by atoms with Gasteiger partial charge in [0.15, 0.2) is 6.10 Å². The molecule has 1 fully saturated rings. The lowest BCUT2D eigenvalue weighted by Gasteiger charge is -2.43. The Balaban J connectivity index is 2.65. The van der Waals surface area contributed by atoms with Crippen molar-refractivity contribution in [2.75, 3.05) is 13.2 Å². The molecular formula is C49H84O17P2. The van der Waals surface area contributed by atoms with Crippen LogP contribution >= 0.6 is 15.6 Å². The maximum absolute atomic E-state index is 13.0. The second-order valence-corrected chi connectivity index (χ2v) is 19.6. The van der Waals surface area contributed by atoms with E-state index < -0.39 is 89.6 Å². The number of allylic oxidation sites excluding steroid dienone is 10. The highest BCUT2D eigenvalue weighted by atomic mass is 31.2. The van der Waals surface area contributed by atoms with E-state index in [4.69, 9.17) is 18.5 Å². The molecule has 0 aliphatic heterocycles. The zero-order valence-electron chi connectivity index (χ0n) is 40.4. The first-order valence-electron chi connectivity index (χ1n) is 24.6. The van der Waals surface area contributed by atoms with E-state index >= 15 is 0 Å². The fraction of sp³-hybridized carbons (Fsp3) is 0.714. The van der Waals surface area contributed by atoms with E-state index in [0.29, 0.717) is 32.1 Å². The van der Waals surface area contributed by atoms with E-state index in [-0.39, 0.29) is 12.8 Å². The van der Waals surface area contributed by atoms with Gasteiger partial charge in [-0.3, -0.25) is 23.2 Å². The number of ether oxygens (including phenoxy) is 2. The van der Waals surface area contributed by atoms with Crippen LogP contribution in [-0.2, 0) is 41.8 Å². The minimum Gasteiger partial charge on any atom is -0.462 e. The molecule has 0 aromatic carbocycles. The second kappa shape index (κ2) is 39.1. The standard InChI is InChI=1S/C49H84O17P2/c1-3-5-7-9-11-12-13-14-15-16-17-18-19-20-24-29-33-37-43(52)64-41(39-63-68(60,61)66-49-46(55)44(53)45(54)48(47(49)56)65-67(57,58)59)38-62-42(51)36-32-28-25-21-23-27-31-35-40(50)34-30-26-22-10-8-6-4-2/h11-12,14-15,21-22,25-27,30-31,34,40-41,44-50,53-56H,3-10,13,16-20,23-24,28-29,32-33,35-39H2,1-2H3,(H,60,61)(H2,57,58,59)/b12-11-,15-14-,25-21+,26-22-,31-27-,34-30-/t40-,41-,44?,45?,46?,47?,48-,49+/m1/s1. The molecule has 1 saturated carbocycles. The van der Waals surface area contributed by atoms with Crippen LogP contribution < -0.4 is 0 Å². The number of phosphoric acid groups is 2. The molecule has 8 N–H and O–H groups in total. The predicted molar refractivity (Wildman–Crippen MR) is 261 cm³/mol. The maximum atomic E-state index is 13.0. The Labute approximate surface area is 404 Å². The number of hydrogen-bond donors (Lipinski definition) is 8. The highest BCUT2D eigenvalue weighted by molar-refractivity contribution is 7.47. The molecule has 0 heterocycles. The number of carbonyl (C=O) groups is 2. The van der Waals surface area contributed by atoms with Gasteiger partial charge in [0.2, 0.25) is 0 Å². The fourth-order valence-electron chi connectivity index (χ4n) is 6.95. The Morgan fingerprint density at radius 3 is 1.63 bits per heavy atom. The SMILES string of the molecule is CCCCC/C=C\C=C/[C@@H](O)C/C=C\C/C=C/CCCC(=O)OC[C@H](COP(=O)(O)O[C@H]1C(O)C(O)C(O)[C@@H](OP(=O)(O)O)C1O)OC(=O)CCCCCCCCC/C=C\C/C=C\CCCCC. The molecule has 0 aromatic rings. The summed E-state index contributed by atoms with van der Waals surface area (Å²) in [4.78, 5) is 54.3. The van der Waals surface area contributed by atoms with E-state index in [1.165, 1.54) is 32.1 Å². The van der Waals surface area contributed by atoms with Gasteiger partial charge in [-0.15, -0.1) is 0 Å². The minimum atomic E-state index is -5.38. The quantitative estimate of drug-likeness (QED) is 0.00938. The van der Waals surface area contributed by atoms with Crippen LogP contribution in [0.1, 0.15) is 162 Å². The smallest absolute Gasteiger partial charge is 0.462 e.